The zero-order chi connectivity index (χ0) is 16.2. The third-order valence-corrected chi connectivity index (χ3v) is 3.80. The smallest absolute Gasteiger partial charge is 0.231 e. The molecule has 1 heterocycles. The third-order valence-electron chi connectivity index (χ3n) is 3.80. The van der Waals surface area contributed by atoms with Crippen LogP contribution in [0.4, 0.5) is 5.69 Å². The lowest BCUT2D eigenvalue weighted by Crippen LogP contribution is -2.15. The van der Waals surface area contributed by atoms with Gasteiger partial charge in [-0.15, -0.1) is 0 Å². The summed E-state index contributed by atoms with van der Waals surface area (Å²) in [5.41, 5.74) is 2.96. The molecule has 0 unspecified atom stereocenters. The molecular weight excluding hydrogens is 294 g/mol. The molecule has 0 spiro atoms. The van der Waals surface area contributed by atoms with Gasteiger partial charge in [0.25, 0.3) is 0 Å². The predicted octanol–water partition coefficient (Wildman–Crippen LogP) is 3.44. The Labute approximate surface area is 135 Å². The van der Waals surface area contributed by atoms with E-state index in [1.54, 1.807) is 18.2 Å². The molecule has 1 aliphatic rings. The van der Waals surface area contributed by atoms with Gasteiger partial charge in [-0.1, -0.05) is 12.1 Å². The molecule has 0 radical (unpaired) electrons. The number of ether oxygens (including phenoxy) is 3. The summed E-state index contributed by atoms with van der Waals surface area (Å²) in [6, 6.07) is 11.2. The highest BCUT2D eigenvalue weighted by atomic mass is 16.7. The SMILES string of the molecule is Cc1cccc(OCCC(=O)Nc2ccc3c(c2)OCO3)c1C. The summed E-state index contributed by atoms with van der Waals surface area (Å²) in [4.78, 5) is 12.0. The van der Waals surface area contributed by atoms with E-state index in [1.807, 2.05) is 32.0 Å². The van der Waals surface area contributed by atoms with Crippen LogP contribution >= 0.6 is 0 Å². The predicted molar refractivity (Wildman–Crippen MR) is 87.2 cm³/mol. The molecule has 0 aliphatic carbocycles. The van der Waals surface area contributed by atoms with Gasteiger partial charge in [-0.3, -0.25) is 4.79 Å². The van der Waals surface area contributed by atoms with Crippen LogP contribution in [0, 0.1) is 13.8 Å². The van der Waals surface area contributed by atoms with Crippen LogP contribution in [0.25, 0.3) is 0 Å². The van der Waals surface area contributed by atoms with Gasteiger partial charge in [0.15, 0.2) is 11.5 Å². The molecule has 1 N–H and O–H groups in total. The molecule has 0 fully saturated rings. The molecular formula is C18H19NO4. The standard InChI is InChI=1S/C18H19NO4/c1-12-4-3-5-15(13(12)2)21-9-8-18(20)19-14-6-7-16-17(10-14)23-11-22-16/h3-7,10H,8-9,11H2,1-2H3,(H,19,20). The second-order valence-electron chi connectivity index (χ2n) is 5.41. The van der Waals surface area contributed by atoms with E-state index in [9.17, 15) is 4.79 Å². The number of aryl methyl sites for hydroxylation is 1. The van der Waals surface area contributed by atoms with Crippen molar-refractivity contribution in [2.24, 2.45) is 0 Å². The lowest BCUT2D eigenvalue weighted by molar-refractivity contribution is -0.116. The summed E-state index contributed by atoms with van der Waals surface area (Å²) in [7, 11) is 0. The Balaban J connectivity index is 1.51. The van der Waals surface area contributed by atoms with Gasteiger partial charge in [-0.2, -0.15) is 0 Å². The molecule has 120 valence electrons. The van der Waals surface area contributed by atoms with Gasteiger partial charge in [-0.05, 0) is 43.2 Å². The normalized spacial score (nSPS) is 12.1. The fraction of sp³-hybridized carbons (Fsp3) is 0.278. The lowest BCUT2D eigenvalue weighted by atomic mass is 10.1. The Morgan fingerprint density at radius 3 is 2.87 bits per heavy atom. The van der Waals surface area contributed by atoms with Crippen LogP contribution in [0.15, 0.2) is 36.4 Å². The number of hydrogen-bond acceptors (Lipinski definition) is 4. The summed E-state index contributed by atoms with van der Waals surface area (Å²) in [5.74, 6) is 2.06. The quantitative estimate of drug-likeness (QED) is 0.918. The van der Waals surface area contributed by atoms with E-state index in [1.165, 1.54) is 5.56 Å². The first-order chi connectivity index (χ1) is 11.1. The zero-order valence-electron chi connectivity index (χ0n) is 13.2. The van der Waals surface area contributed by atoms with Crippen LogP contribution in [0.3, 0.4) is 0 Å². The largest absolute Gasteiger partial charge is 0.493 e. The molecule has 0 aromatic heterocycles. The molecule has 3 rings (SSSR count). The van der Waals surface area contributed by atoms with Crippen molar-refractivity contribution in [3.8, 4) is 17.2 Å². The van der Waals surface area contributed by atoms with Gasteiger partial charge in [0.1, 0.15) is 5.75 Å². The first-order valence-electron chi connectivity index (χ1n) is 7.52. The van der Waals surface area contributed by atoms with Gasteiger partial charge in [-0.25, -0.2) is 0 Å². The average Bonchev–Trinajstić information content (AvgIpc) is 2.99. The number of amides is 1. The van der Waals surface area contributed by atoms with E-state index in [2.05, 4.69) is 5.32 Å². The molecule has 1 aliphatic heterocycles. The second-order valence-corrected chi connectivity index (χ2v) is 5.41. The monoisotopic (exact) mass is 313 g/mol. The molecule has 23 heavy (non-hydrogen) atoms. The minimum atomic E-state index is -0.103. The molecule has 2 aromatic carbocycles. The molecule has 1 amide bonds. The van der Waals surface area contributed by atoms with E-state index < -0.39 is 0 Å². The van der Waals surface area contributed by atoms with Crippen molar-refractivity contribution in [3.05, 3.63) is 47.5 Å². The van der Waals surface area contributed by atoms with Gasteiger partial charge in [0.2, 0.25) is 12.7 Å². The summed E-state index contributed by atoms with van der Waals surface area (Å²) in [5, 5.41) is 2.83. The van der Waals surface area contributed by atoms with Crippen molar-refractivity contribution in [1.29, 1.82) is 0 Å². The molecule has 0 saturated carbocycles. The molecule has 2 aromatic rings. The van der Waals surface area contributed by atoms with Crippen molar-refractivity contribution >= 4 is 11.6 Å². The molecule has 5 nitrogen and oxygen atoms in total. The number of rotatable bonds is 5. The number of fused-ring (bicyclic) bond motifs is 1. The lowest BCUT2D eigenvalue weighted by Gasteiger charge is -2.11. The van der Waals surface area contributed by atoms with Crippen LogP contribution in [0.5, 0.6) is 17.2 Å². The van der Waals surface area contributed by atoms with Crippen LogP contribution in [-0.4, -0.2) is 19.3 Å². The maximum atomic E-state index is 12.0. The molecule has 0 atom stereocenters. The Kier molecular flexibility index (Phi) is 4.37. The summed E-state index contributed by atoms with van der Waals surface area (Å²) in [6.07, 6.45) is 0.280. The van der Waals surface area contributed by atoms with Crippen molar-refractivity contribution in [2.45, 2.75) is 20.3 Å². The van der Waals surface area contributed by atoms with E-state index in [0.717, 1.165) is 11.3 Å². The maximum absolute atomic E-state index is 12.0. The minimum Gasteiger partial charge on any atom is -0.493 e. The summed E-state index contributed by atoms with van der Waals surface area (Å²) in [6.45, 7) is 4.60. The van der Waals surface area contributed by atoms with Crippen LogP contribution in [0.2, 0.25) is 0 Å². The van der Waals surface area contributed by atoms with E-state index in [0.29, 0.717) is 23.8 Å². The van der Waals surface area contributed by atoms with Gasteiger partial charge in [0, 0.05) is 11.8 Å². The molecule has 5 heteroatoms. The van der Waals surface area contributed by atoms with Crippen LogP contribution in [-0.2, 0) is 4.79 Å². The minimum absolute atomic E-state index is 0.103. The fourth-order valence-electron chi connectivity index (χ4n) is 2.33. The molecule has 0 saturated heterocycles. The Morgan fingerprint density at radius 2 is 2.00 bits per heavy atom. The van der Waals surface area contributed by atoms with Gasteiger partial charge < -0.3 is 19.5 Å². The van der Waals surface area contributed by atoms with Crippen molar-refractivity contribution in [2.75, 3.05) is 18.7 Å². The van der Waals surface area contributed by atoms with E-state index >= 15 is 0 Å². The van der Waals surface area contributed by atoms with Crippen molar-refractivity contribution < 1.29 is 19.0 Å². The number of anilines is 1. The van der Waals surface area contributed by atoms with E-state index in [-0.39, 0.29) is 19.1 Å². The van der Waals surface area contributed by atoms with Gasteiger partial charge in [0.05, 0.1) is 13.0 Å². The number of carbonyl (C=O) groups excluding carboxylic acids is 1. The highest BCUT2D eigenvalue weighted by Gasteiger charge is 2.14. The van der Waals surface area contributed by atoms with Crippen molar-refractivity contribution in [1.82, 2.24) is 0 Å². The topological polar surface area (TPSA) is 56.8 Å². The second kappa shape index (κ2) is 6.60. The maximum Gasteiger partial charge on any atom is 0.231 e. The first kappa shape index (κ1) is 15.2. The summed E-state index contributed by atoms with van der Waals surface area (Å²) < 4.78 is 16.2. The number of nitrogens with one attached hydrogen (secondary N) is 1. The molecule has 0 bridgehead atoms. The van der Waals surface area contributed by atoms with Crippen molar-refractivity contribution in [3.63, 3.8) is 0 Å². The van der Waals surface area contributed by atoms with E-state index in [4.69, 9.17) is 14.2 Å². The number of hydrogen-bond donors (Lipinski definition) is 1. The summed E-state index contributed by atoms with van der Waals surface area (Å²) >= 11 is 0. The number of carbonyl (C=O) groups is 1. The Hall–Kier alpha value is -2.69. The number of benzene rings is 2. The van der Waals surface area contributed by atoms with Crippen LogP contribution < -0.4 is 19.5 Å². The highest BCUT2D eigenvalue weighted by Crippen LogP contribution is 2.34. The van der Waals surface area contributed by atoms with Crippen LogP contribution in [0.1, 0.15) is 17.5 Å². The average molecular weight is 313 g/mol. The Bertz CT molecular complexity index is 727. The first-order valence-corrected chi connectivity index (χ1v) is 7.52. The fourth-order valence-corrected chi connectivity index (χ4v) is 2.33. The third kappa shape index (κ3) is 3.56. The highest BCUT2D eigenvalue weighted by molar-refractivity contribution is 5.91. The zero-order valence-corrected chi connectivity index (χ0v) is 13.2. The Morgan fingerprint density at radius 1 is 1.17 bits per heavy atom. The van der Waals surface area contributed by atoms with Gasteiger partial charge >= 0.3 is 0 Å².